The third kappa shape index (κ3) is 2.84. The van der Waals surface area contributed by atoms with E-state index < -0.39 is 0 Å². The second-order valence-electron chi connectivity index (χ2n) is 5.82. The summed E-state index contributed by atoms with van der Waals surface area (Å²) in [4.78, 5) is 0. The van der Waals surface area contributed by atoms with Crippen molar-refractivity contribution in [2.75, 3.05) is 0 Å². The van der Waals surface area contributed by atoms with Crippen LogP contribution in [-0.2, 0) is 12.8 Å². The van der Waals surface area contributed by atoms with Crippen LogP contribution in [0.3, 0.4) is 0 Å². The first-order valence-electron chi connectivity index (χ1n) is 7.80. The molecule has 21 heavy (non-hydrogen) atoms. The lowest BCUT2D eigenvalue weighted by Crippen LogP contribution is -1.96. The molecule has 0 spiro atoms. The fourth-order valence-electron chi connectivity index (χ4n) is 3.28. The van der Waals surface area contributed by atoms with Crippen molar-refractivity contribution in [1.29, 1.82) is 0 Å². The van der Waals surface area contributed by atoms with Gasteiger partial charge < -0.3 is 0 Å². The van der Waals surface area contributed by atoms with E-state index in [9.17, 15) is 0 Å². The maximum atomic E-state index is 6.50. The molecule has 0 unspecified atom stereocenters. The van der Waals surface area contributed by atoms with Crippen LogP contribution in [0, 0.1) is 0 Å². The van der Waals surface area contributed by atoms with E-state index in [0.717, 1.165) is 17.9 Å². The van der Waals surface area contributed by atoms with Gasteiger partial charge in [-0.2, -0.15) is 0 Å². The minimum atomic E-state index is 0.692. The van der Waals surface area contributed by atoms with Crippen LogP contribution in [0.15, 0.2) is 30.3 Å². The predicted octanol–water partition coefficient (Wildman–Crippen LogP) is 6.69. The lowest BCUT2D eigenvalue weighted by atomic mass is 9.96. The zero-order valence-corrected chi connectivity index (χ0v) is 13.9. The van der Waals surface area contributed by atoms with Crippen LogP contribution in [-0.4, -0.2) is 0 Å². The molecule has 0 nitrogen and oxygen atoms in total. The van der Waals surface area contributed by atoms with Crippen molar-refractivity contribution in [3.05, 3.63) is 57.1 Å². The fourth-order valence-corrected chi connectivity index (χ4v) is 3.76. The Hall–Kier alpha value is -0.980. The number of hydrogen-bond acceptors (Lipinski definition) is 0. The van der Waals surface area contributed by atoms with Crippen molar-refractivity contribution in [1.82, 2.24) is 0 Å². The molecule has 0 radical (unpaired) electrons. The van der Waals surface area contributed by atoms with Gasteiger partial charge in [-0.3, -0.25) is 0 Å². The van der Waals surface area contributed by atoms with Gasteiger partial charge >= 0.3 is 0 Å². The second kappa shape index (κ2) is 6.42. The highest BCUT2D eigenvalue weighted by Gasteiger charge is 2.23. The molecular weight excluding hydrogens is 299 g/mol. The highest BCUT2D eigenvalue weighted by atomic mass is 35.5. The predicted molar refractivity (Wildman–Crippen MR) is 92.6 cm³/mol. The maximum absolute atomic E-state index is 6.50. The Morgan fingerprint density at radius 1 is 1.00 bits per heavy atom. The Kier molecular flexibility index (Phi) is 4.57. The Morgan fingerprint density at radius 3 is 2.62 bits per heavy atom. The summed E-state index contributed by atoms with van der Waals surface area (Å²) in [6.07, 6.45) is 7.03. The molecule has 0 aromatic heterocycles. The largest absolute Gasteiger partial charge is 0.0827 e. The molecule has 2 aromatic rings. The van der Waals surface area contributed by atoms with Gasteiger partial charge in [-0.25, -0.2) is 0 Å². The van der Waals surface area contributed by atoms with E-state index in [1.165, 1.54) is 53.5 Å². The molecule has 0 fully saturated rings. The number of hydrogen-bond donors (Lipinski definition) is 0. The van der Waals surface area contributed by atoms with Crippen LogP contribution in [0.1, 0.15) is 49.3 Å². The first-order valence-corrected chi connectivity index (χ1v) is 8.56. The van der Waals surface area contributed by atoms with Crippen LogP contribution in [0.25, 0.3) is 11.1 Å². The molecule has 0 amide bonds. The minimum Gasteiger partial charge on any atom is -0.0827 e. The standard InChI is InChI=1S/C19H20Cl2/c1-2-3-4-5-10-15-16-11-13-8-6-7-9-14(13)17(16)12-18(20)19(15)21/h6-9,12H,2-5,10-11H2,1H3. The Bertz CT molecular complexity index is 659. The third-order valence-electron chi connectivity index (χ3n) is 4.39. The van der Waals surface area contributed by atoms with Crippen LogP contribution in [0.2, 0.25) is 10.0 Å². The average Bonchev–Trinajstić information content (AvgIpc) is 2.85. The SMILES string of the molecule is CCCCCCc1c(Cl)c(Cl)cc2c1Cc1ccccc1-2. The molecular formula is C19H20Cl2. The Morgan fingerprint density at radius 2 is 1.81 bits per heavy atom. The molecule has 3 rings (SSSR count). The zero-order chi connectivity index (χ0) is 14.8. The highest BCUT2D eigenvalue weighted by molar-refractivity contribution is 6.42. The normalized spacial score (nSPS) is 12.3. The van der Waals surface area contributed by atoms with Crippen LogP contribution >= 0.6 is 23.2 Å². The van der Waals surface area contributed by atoms with Gasteiger partial charge in [-0.05, 0) is 53.1 Å². The zero-order valence-electron chi connectivity index (χ0n) is 12.4. The van der Waals surface area contributed by atoms with Crippen LogP contribution in [0.4, 0.5) is 0 Å². The molecule has 2 aromatic carbocycles. The summed E-state index contributed by atoms with van der Waals surface area (Å²) in [5.74, 6) is 0. The van der Waals surface area contributed by atoms with Crippen molar-refractivity contribution in [3.8, 4) is 11.1 Å². The summed E-state index contributed by atoms with van der Waals surface area (Å²) in [6.45, 7) is 2.24. The average molecular weight is 319 g/mol. The fraction of sp³-hybridized carbons (Fsp3) is 0.368. The van der Waals surface area contributed by atoms with Gasteiger partial charge in [0.25, 0.3) is 0 Å². The molecule has 2 heteroatoms. The summed E-state index contributed by atoms with van der Waals surface area (Å²) in [5, 5.41) is 1.46. The first kappa shape index (κ1) is 14.9. The van der Waals surface area contributed by atoms with Gasteiger partial charge in [0.1, 0.15) is 0 Å². The van der Waals surface area contributed by atoms with Crippen molar-refractivity contribution < 1.29 is 0 Å². The van der Waals surface area contributed by atoms with Gasteiger partial charge in [0, 0.05) is 0 Å². The Labute approximate surface area is 137 Å². The van der Waals surface area contributed by atoms with Gasteiger partial charge in [-0.15, -0.1) is 0 Å². The summed E-state index contributed by atoms with van der Waals surface area (Å²) in [5.41, 5.74) is 6.65. The van der Waals surface area contributed by atoms with E-state index in [4.69, 9.17) is 23.2 Å². The number of benzene rings is 2. The van der Waals surface area contributed by atoms with Gasteiger partial charge in [0.2, 0.25) is 0 Å². The van der Waals surface area contributed by atoms with Crippen LogP contribution in [0.5, 0.6) is 0 Å². The molecule has 0 atom stereocenters. The van der Waals surface area contributed by atoms with E-state index in [-0.39, 0.29) is 0 Å². The molecule has 1 aliphatic rings. The molecule has 1 aliphatic carbocycles. The van der Waals surface area contributed by atoms with E-state index in [1.54, 1.807) is 0 Å². The lowest BCUT2D eigenvalue weighted by Gasteiger charge is -2.13. The van der Waals surface area contributed by atoms with Crippen LogP contribution < -0.4 is 0 Å². The van der Waals surface area contributed by atoms with Crippen molar-refractivity contribution in [2.45, 2.75) is 45.4 Å². The van der Waals surface area contributed by atoms with Gasteiger partial charge in [-0.1, -0.05) is 73.7 Å². The van der Waals surface area contributed by atoms with E-state index in [2.05, 4.69) is 31.2 Å². The molecule has 0 saturated carbocycles. The maximum Gasteiger partial charge on any atom is 0.0627 e. The molecule has 110 valence electrons. The number of fused-ring (bicyclic) bond motifs is 3. The van der Waals surface area contributed by atoms with E-state index in [1.807, 2.05) is 6.07 Å². The highest BCUT2D eigenvalue weighted by Crippen LogP contribution is 2.44. The molecule has 0 bridgehead atoms. The van der Waals surface area contributed by atoms with Gasteiger partial charge in [0.05, 0.1) is 10.0 Å². The lowest BCUT2D eigenvalue weighted by molar-refractivity contribution is 0.665. The summed E-state index contributed by atoms with van der Waals surface area (Å²) in [7, 11) is 0. The molecule has 0 N–H and O–H groups in total. The quantitative estimate of drug-likeness (QED) is 0.460. The Balaban J connectivity index is 1.96. The van der Waals surface area contributed by atoms with E-state index in [0.29, 0.717) is 5.02 Å². The van der Waals surface area contributed by atoms with Crippen molar-refractivity contribution in [3.63, 3.8) is 0 Å². The number of halogens is 2. The third-order valence-corrected chi connectivity index (χ3v) is 5.22. The van der Waals surface area contributed by atoms with Crippen molar-refractivity contribution in [2.24, 2.45) is 0 Å². The monoisotopic (exact) mass is 318 g/mol. The topological polar surface area (TPSA) is 0 Å². The van der Waals surface area contributed by atoms with Crippen molar-refractivity contribution >= 4 is 23.2 Å². The smallest absolute Gasteiger partial charge is 0.0627 e. The molecule has 0 heterocycles. The summed E-state index contributed by atoms with van der Waals surface area (Å²) in [6, 6.07) is 10.6. The number of rotatable bonds is 5. The molecule has 0 aliphatic heterocycles. The molecule has 0 saturated heterocycles. The number of unbranched alkanes of at least 4 members (excludes halogenated alkanes) is 3. The minimum absolute atomic E-state index is 0.692. The second-order valence-corrected chi connectivity index (χ2v) is 6.61. The summed E-state index contributed by atoms with van der Waals surface area (Å²) >= 11 is 12.9. The first-order chi connectivity index (χ1) is 10.2. The summed E-state index contributed by atoms with van der Waals surface area (Å²) < 4.78 is 0. The van der Waals surface area contributed by atoms with Gasteiger partial charge in [0.15, 0.2) is 0 Å². The van der Waals surface area contributed by atoms with E-state index >= 15 is 0 Å².